The van der Waals surface area contributed by atoms with Crippen LogP contribution in [0.3, 0.4) is 0 Å². The maximum atomic E-state index is 9.82. The molecular weight excluding hydrogens is 474 g/mol. The van der Waals surface area contributed by atoms with Crippen LogP contribution in [0.2, 0.25) is 0 Å². The van der Waals surface area contributed by atoms with Crippen molar-refractivity contribution in [3.63, 3.8) is 0 Å². The van der Waals surface area contributed by atoms with Gasteiger partial charge in [0.1, 0.15) is 5.82 Å². The summed E-state index contributed by atoms with van der Waals surface area (Å²) in [5.41, 5.74) is 6.02. The summed E-state index contributed by atoms with van der Waals surface area (Å²) in [6.45, 7) is 5.85. The second-order valence-electron chi connectivity index (χ2n) is 10.8. The largest absolute Gasteiger partial charge is 0.393 e. The van der Waals surface area contributed by atoms with Crippen LogP contribution in [0.1, 0.15) is 30.5 Å². The smallest absolute Gasteiger partial charge is 0.161 e. The molecule has 6 heterocycles. The Kier molecular flexibility index (Phi) is 5.76. The first kappa shape index (κ1) is 23.2. The number of piperidine rings is 1. The van der Waals surface area contributed by atoms with Crippen molar-refractivity contribution in [1.29, 1.82) is 5.26 Å². The van der Waals surface area contributed by atoms with E-state index in [4.69, 9.17) is 15.2 Å². The molecule has 3 aromatic heterocycles. The van der Waals surface area contributed by atoms with E-state index in [2.05, 4.69) is 49.4 Å². The molecule has 2 fully saturated rings. The summed E-state index contributed by atoms with van der Waals surface area (Å²) < 4.78 is 4.39. The second-order valence-corrected chi connectivity index (χ2v) is 10.8. The van der Waals surface area contributed by atoms with Crippen molar-refractivity contribution in [2.45, 2.75) is 31.9 Å². The quantitative estimate of drug-likeness (QED) is 0.399. The van der Waals surface area contributed by atoms with Gasteiger partial charge in [-0.05, 0) is 61.1 Å². The molecule has 3 aliphatic heterocycles. The van der Waals surface area contributed by atoms with E-state index in [1.807, 2.05) is 36.7 Å². The number of nitriles is 1. The van der Waals surface area contributed by atoms with E-state index in [9.17, 15) is 5.11 Å². The minimum absolute atomic E-state index is 0.118. The summed E-state index contributed by atoms with van der Waals surface area (Å²) in [6.07, 6.45) is 8.88. The minimum Gasteiger partial charge on any atom is -0.393 e. The van der Waals surface area contributed by atoms with Crippen molar-refractivity contribution < 1.29 is 5.11 Å². The number of anilines is 1. The van der Waals surface area contributed by atoms with Crippen LogP contribution in [0, 0.1) is 17.2 Å². The fourth-order valence-electron chi connectivity index (χ4n) is 6.22. The Bertz CT molecular complexity index is 1500. The third kappa shape index (κ3) is 4.18. The zero-order valence-corrected chi connectivity index (χ0v) is 21.4. The predicted octanol–water partition coefficient (Wildman–Crippen LogP) is 3.92. The molecule has 38 heavy (non-hydrogen) atoms. The molecule has 3 aliphatic rings. The molecular formula is C30H31N7O. The number of hydrogen-bond donors (Lipinski definition) is 1. The van der Waals surface area contributed by atoms with Gasteiger partial charge in [-0.25, -0.2) is 9.97 Å². The predicted molar refractivity (Wildman–Crippen MR) is 146 cm³/mol. The van der Waals surface area contributed by atoms with Crippen molar-refractivity contribution >= 4 is 5.82 Å². The van der Waals surface area contributed by atoms with Crippen LogP contribution >= 0.6 is 0 Å². The zero-order chi connectivity index (χ0) is 25.6. The number of aromatic nitrogens is 4. The van der Waals surface area contributed by atoms with Gasteiger partial charge < -0.3 is 19.5 Å². The normalized spacial score (nSPS) is 19.5. The van der Waals surface area contributed by atoms with E-state index in [1.165, 1.54) is 6.42 Å². The fraction of sp³-hybridized carbons (Fsp3) is 0.367. The lowest BCUT2D eigenvalue weighted by atomic mass is 10.0. The summed E-state index contributed by atoms with van der Waals surface area (Å²) >= 11 is 0. The molecule has 0 spiro atoms. The number of rotatable bonds is 4. The summed E-state index contributed by atoms with van der Waals surface area (Å²) in [5, 5.41) is 19.0. The van der Waals surface area contributed by atoms with Crippen LogP contribution in [0.15, 0.2) is 61.1 Å². The molecule has 8 heteroatoms. The molecule has 1 aromatic carbocycles. The highest BCUT2D eigenvalue weighted by molar-refractivity contribution is 5.72. The van der Waals surface area contributed by atoms with Crippen molar-refractivity contribution in [2.24, 2.45) is 5.92 Å². The van der Waals surface area contributed by atoms with Crippen LogP contribution in [0.25, 0.3) is 28.3 Å². The number of nitrogens with zero attached hydrogens (tertiary/aromatic N) is 7. The van der Waals surface area contributed by atoms with Crippen LogP contribution in [-0.2, 0) is 6.54 Å². The Morgan fingerprint density at radius 3 is 2.66 bits per heavy atom. The lowest BCUT2D eigenvalue weighted by Crippen LogP contribution is -2.39. The molecule has 8 nitrogen and oxygen atoms in total. The Hall–Kier alpha value is -3.93. The number of benzene rings is 1. The number of hydrogen-bond acceptors (Lipinski definition) is 6. The van der Waals surface area contributed by atoms with E-state index in [-0.39, 0.29) is 6.10 Å². The Balaban J connectivity index is 1.15. The number of imidazole rings is 1. The van der Waals surface area contributed by atoms with E-state index in [1.54, 1.807) is 0 Å². The molecule has 0 saturated carbocycles. The van der Waals surface area contributed by atoms with Gasteiger partial charge >= 0.3 is 0 Å². The molecule has 7 rings (SSSR count). The van der Waals surface area contributed by atoms with Crippen LogP contribution in [0.5, 0.6) is 0 Å². The summed E-state index contributed by atoms with van der Waals surface area (Å²) in [6, 6.07) is 16.4. The molecule has 0 amide bonds. The van der Waals surface area contributed by atoms with Crippen LogP contribution in [0.4, 0.5) is 5.82 Å². The average molecular weight is 506 g/mol. The Morgan fingerprint density at radius 1 is 1.00 bits per heavy atom. The first-order valence-electron chi connectivity index (χ1n) is 13.5. The van der Waals surface area contributed by atoms with Gasteiger partial charge in [-0.2, -0.15) is 5.26 Å². The molecule has 0 bridgehead atoms. The number of aliphatic hydroxyl groups excluding tert-OH is 1. The first-order valence-corrected chi connectivity index (χ1v) is 13.5. The van der Waals surface area contributed by atoms with Crippen LogP contribution in [-0.4, -0.2) is 67.9 Å². The van der Waals surface area contributed by atoms with Crippen molar-refractivity contribution in [2.75, 3.05) is 37.6 Å². The van der Waals surface area contributed by atoms with Gasteiger partial charge in [0.05, 0.1) is 41.4 Å². The second kappa shape index (κ2) is 9.43. The monoisotopic (exact) mass is 505 g/mol. The topological polar surface area (TPSA) is 86.1 Å². The Morgan fingerprint density at radius 2 is 1.84 bits per heavy atom. The van der Waals surface area contributed by atoms with Crippen LogP contribution < -0.4 is 4.90 Å². The highest BCUT2D eigenvalue weighted by atomic mass is 16.3. The Labute approximate surface area is 222 Å². The maximum absolute atomic E-state index is 9.82. The van der Waals surface area contributed by atoms with Gasteiger partial charge in [-0.3, -0.25) is 4.57 Å². The lowest BCUT2D eigenvalue weighted by molar-refractivity contribution is 0.0762. The summed E-state index contributed by atoms with van der Waals surface area (Å²) in [5.74, 6) is 2.59. The highest BCUT2D eigenvalue weighted by Gasteiger charge is 2.28. The number of fused-ring (bicyclic) bond motifs is 5. The van der Waals surface area contributed by atoms with Gasteiger partial charge in [-0.1, -0.05) is 12.1 Å². The SMILES string of the molecule is N#Cc1ccc(-c2cc3n(c2)Cc2nc(N4CC[C@H](CN5CCC(O)CC5)C4)ccc2-n2ccnc2-3)cc1. The third-order valence-electron chi connectivity index (χ3n) is 8.31. The highest BCUT2D eigenvalue weighted by Crippen LogP contribution is 2.35. The zero-order valence-electron chi connectivity index (χ0n) is 21.4. The molecule has 0 aliphatic carbocycles. The van der Waals surface area contributed by atoms with Crippen molar-refractivity contribution in [1.82, 2.24) is 24.0 Å². The minimum atomic E-state index is -0.118. The number of aliphatic hydroxyl groups is 1. The summed E-state index contributed by atoms with van der Waals surface area (Å²) in [4.78, 5) is 14.9. The standard InChI is InChI=1S/C30H31N7O/c31-16-21-1-3-23(4-2-21)24-15-28-30-32-10-14-37(30)27-5-6-29(33-26(27)20-36(28)19-24)35-13-7-22(18-35)17-34-11-8-25(38)9-12-34/h1-6,10,14-15,19,22,25,38H,7-9,11-13,17-18,20H2/t22-/m1/s1. The van der Waals surface area contributed by atoms with E-state index >= 15 is 0 Å². The molecule has 1 N–H and O–H groups in total. The van der Waals surface area contributed by atoms with E-state index < -0.39 is 0 Å². The van der Waals surface area contributed by atoms with Gasteiger partial charge in [0.25, 0.3) is 0 Å². The van der Waals surface area contributed by atoms with Gasteiger partial charge in [-0.15, -0.1) is 0 Å². The van der Waals surface area contributed by atoms with Gasteiger partial charge in [0.15, 0.2) is 5.82 Å². The number of likely N-dealkylation sites (tertiary alicyclic amines) is 1. The third-order valence-corrected chi connectivity index (χ3v) is 8.31. The van der Waals surface area contributed by atoms with Crippen molar-refractivity contribution in [3.8, 4) is 34.4 Å². The first-order chi connectivity index (χ1) is 18.6. The maximum Gasteiger partial charge on any atom is 0.161 e. The van der Waals surface area contributed by atoms with Gasteiger partial charge in [0.2, 0.25) is 0 Å². The lowest BCUT2D eigenvalue weighted by Gasteiger charge is -2.31. The number of pyridine rings is 1. The van der Waals surface area contributed by atoms with E-state index in [0.29, 0.717) is 18.0 Å². The molecule has 0 radical (unpaired) electrons. The molecule has 192 valence electrons. The van der Waals surface area contributed by atoms with E-state index in [0.717, 1.165) is 85.4 Å². The average Bonchev–Trinajstić information content (AvgIpc) is 3.69. The van der Waals surface area contributed by atoms with Crippen molar-refractivity contribution in [3.05, 3.63) is 72.3 Å². The molecule has 0 unspecified atom stereocenters. The molecule has 2 saturated heterocycles. The van der Waals surface area contributed by atoms with Gasteiger partial charge in [0, 0.05) is 56.9 Å². The summed E-state index contributed by atoms with van der Waals surface area (Å²) in [7, 11) is 0. The molecule has 4 aromatic rings. The molecule has 1 atom stereocenters. The fourth-order valence-corrected chi connectivity index (χ4v) is 6.22.